The minimum absolute atomic E-state index is 0.0354. The molecule has 1 amide bonds. The van der Waals surface area contributed by atoms with Crippen molar-refractivity contribution < 1.29 is 17.9 Å². The van der Waals surface area contributed by atoms with Crippen LogP contribution < -0.4 is 9.46 Å². The summed E-state index contributed by atoms with van der Waals surface area (Å²) in [7, 11) is -2.07. The molecule has 6 nitrogen and oxygen atoms in total. The normalized spacial score (nSPS) is 11.4. The molecule has 1 aromatic carbocycles. The lowest BCUT2D eigenvalue weighted by Gasteiger charge is -2.21. The molecule has 25 heavy (non-hydrogen) atoms. The molecule has 142 valence electrons. The number of hydrogen-bond acceptors (Lipinski definition) is 4. The molecule has 0 spiro atoms. The van der Waals surface area contributed by atoms with Gasteiger partial charge in [-0.05, 0) is 43.5 Å². The summed E-state index contributed by atoms with van der Waals surface area (Å²) in [5.74, 6) is 0.627. The van der Waals surface area contributed by atoms with E-state index in [0.717, 1.165) is 24.8 Å². The fraction of sp³-hybridized carbons (Fsp3) is 0.611. The zero-order valence-corrected chi connectivity index (χ0v) is 16.7. The van der Waals surface area contributed by atoms with Gasteiger partial charge in [0.15, 0.2) is 0 Å². The summed E-state index contributed by atoms with van der Waals surface area (Å²) in [5.41, 5.74) is 1.39. The van der Waals surface area contributed by atoms with Crippen molar-refractivity contribution in [3.8, 4) is 5.75 Å². The van der Waals surface area contributed by atoms with Crippen LogP contribution in [0, 0.1) is 13.8 Å². The van der Waals surface area contributed by atoms with E-state index in [0.29, 0.717) is 24.4 Å². The van der Waals surface area contributed by atoms with E-state index in [4.69, 9.17) is 4.74 Å². The predicted octanol–water partition coefficient (Wildman–Crippen LogP) is 2.63. The number of carbonyl (C=O) groups excluding carboxylic acids is 1. The lowest BCUT2D eigenvalue weighted by molar-refractivity contribution is -0.128. The minimum atomic E-state index is -3.63. The number of nitrogens with zero attached hydrogens (tertiary/aromatic N) is 1. The fourth-order valence-electron chi connectivity index (χ4n) is 2.64. The van der Waals surface area contributed by atoms with E-state index in [2.05, 4.69) is 11.6 Å². The number of methoxy groups -OCH3 is 1. The molecule has 0 heterocycles. The summed E-state index contributed by atoms with van der Waals surface area (Å²) in [4.78, 5) is 13.6. The highest BCUT2D eigenvalue weighted by molar-refractivity contribution is 7.89. The Labute approximate surface area is 151 Å². The third-order valence-corrected chi connectivity index (χ3v) is 5.74. The molecule has 0 aliphatic carbocycles. The Kier molecular flexibility index (Phi) is 8.38. The highest BCUT2D eigenvalue weighted by Gasteiger charge is 2.19. The Balaban J connectivity index is 2.75. The molecule has 0 atom stereocenters. The average Bonchev–Trinajstić information content (AvgIpc) is 2.54. The standard InChI is InChI=1S/C18H30N2O4S/c1-6-7-8-10-20(16(4)21)11-9-19-25(22,23)18-13-14(2)17(24-5)12-15(18)3/h12-13,19H,6-11H2,1-5H3. The molecular weight excluding hydrogens is 340 g/mol. The molecule has 0 radical (unpaired) electrons. The van der Waals surface area contributed by atoms with Crippen molar-refractivity contribution in [3.05, 3.63) is 23.3 Å². The third-order valence-electron chi connectivity index (χ3n) is 4.13. The van der Waals surface area contributed by atoms with Crippen LogP contribution in [0.25, 0.3) is 0 Å². The quantitative estimate of drug-likeness (QED) is 0.643. The van der Waals surface area contributed by atoms with Crippen LogP contribution in [0.4, 0.5) is 0 Å². The molecule has 1 aromatic rings. The molecule has 0 aliphatic rings. The van der Waals surface area contributed by atoms with E-state index in [9.17, 15) is 13.2 Å². The second-order valence-electron chi connectivity index (χ2n) is 6.20. The van der Waals surface area contributed by atoms with Gasteiger partial charge in [0.1, 0.15) is 5.75 Å². The first-order chi connectivity index (χ1) is 11.7. The van der Waals surface area contributed by atoms with Crippen LogP contribution in [0.3, 0.4) is 0 Å². The van der Waals surface area contributed by atoms with Gasteiger partial charge in [-0.3, -0.25) is 4.79 Å². The van der Waals surface area contributed by atoms with Crippen LogP contribution in [0.15, 0.2) is 17.0 Å². The van der Waals surface area contributed by atoms with Crippen LogP contribution >= 0.6 is 0 Å². The maximum Gasteiger partial charge on any atom is 0.240 e. The van der Waals surface area contributed by atoms with E-state index in [-0.39, 0.29) is 17.3 Å². The minimum Gasteiger partial charge on any atom is -0.496 e. The van der Waals surface area contributed by atoms with Gasteiger partial charge in [0.25, 0.3) is 0 Å². The SMILES string of the molecule is CCCCCN(CCNS(=O)(=O)c1cc(C)c(OC)cc1C)C(C)=O. The molecule has 0 aliphatic heterocycles. The summed E-state index contributed by atoms with van der Waals surface area (Å²) in [6, 6.07) is 3.33. The summed E-state index contributed by atoms with van der Waals surface area (Å²) >= 11 is 0. The van der Waals surface area contributed by atoms with Crippen molar-refractivity contribution in [3.63, 3.8) is 0 Å². The van der Waals surface area contributed by atoms with Gasteiger partial charge < -0.3 is 9.64 Å². The van der Waals surface area contributed by atoms with E-state index in [1.807, 2.05) is 6.92 Å². The fourth-order valence-corrected chi connectivity index (χ4v) is 3.97. The number of aryl methyl sites for hydroxylation is 2. The van der Waals surface area contributed by atoms with E-state index in [1.54, 1.807) is 31.1 Å². The molecule has 0 fully saturated rings. The summed E-state index contributed by atoms with van der Waals surface area (Å²) in [5, 5.41) is 0. The summed E-state index contributed by atoms with van der Waals surface area (Å²) in [6.07, 6.45) is 3.06. The number of benzene rings is 1. The smallest absolute Gasteiger partial charge is 0.240 e. The molecule has 0 aromatic heterocycles. The van der Waals surface area contributed by atoms with Crippen molar-refractivity contribution in [2.75, 3.05) is 26.7 Å². The first kappa shape index (κ1) is 21.4. The number of sulfonamides is 1. The van der Waals surface area contributed by atoms with Crippen molar-refractivity contribution in [2.24, 2.45) is 0 Å². The monoisotopic (exact) mass is 370 g/mol. The zero-order chi connectivity index (χ0) is 19.0. The Morgan fingerprint density at radius 2 is 1.84 bits per heavy atom. The van der Waals surface area contributed by atoms with E-state index >= 15 is 0 Å². The van der Waals surface area contributed by atoms with Crippen molar-refractivity contribution in [2.45, 2.75) is 51.9 Å². The van der Waals surface area contributed by atoms with E-state index < -0.39 is 10.0 Å². The second-order valence-corrected chi connectivity index (χ2v) is 7.93. The zero-order valence-electron chi connectivity index (χ0n) is 15.9. The van der Waals surface area contributed by atoms with Gasteiger partial charge in [0, 0.05) is 26.6 Å². The number of carbonyl (C=O) groups is 1. The molecule has 0 unspecified atom stereocenters. The van der Waals surface area contributed by atoms with Crippen molar-refractivity contribution in [1.82, 2.24) is 9.62 Å². The van der Waals surface area contributed by atoms with Gasteiger partial charge in [-0.1, -0.05) is 19.8 Å². The highest BCUT2D eigenvalue weighted by Crippen LogP contribution is 2.25. The highest BCUT2D eigenvalue weighted by atomic mass is 32.2. The molecule has 1 N–H and O–H groups in total. The van der Waals surface area contributed by atoms with Crippen LogP contribution in [-0.2, 0) is 14.8 Å². The van der Waals surface area contributed by atoms with Gasteiger partial charge in [-0.25, -0.2) is 13.1 Å². The number of amides is 1. The molecular formula is C18H30N2O4S. The maximum absolute atomic E-state index is 12.6. The van der Waals surface area contributed by atoms with Crippen LogP contribution in [0.5, 0.6) is 5.75 Å². The van der Waals surface area contributed by atoms with Gasteiger partial charge in [-0.2, -0.15) is 0 Å². The van der Waals surface area contributed by atoms with Crippen LogP contribution in [0.2, 0.25) is 0 Å². The van der Waals surface area contributed by atoms with Crippen LogP contribution in [0.1, 0.15) is 44.2 Å². The first-order valence-corrected chi connectivity index (χ1v) is 10.1. The largest absolute Gasteiger partial charge is 0.496 e. The number of rotatable bonds is 10. The molecule has 0 saturated heterocycles. The van der Waals surface area contributed by atoms with Gasteiger partial charge >= 0.3 is 0 Å². The Morgan fingerprint density at radius 3 is 2.40 bits per heavy atom. The van der Waals surface area contributed by atoms with Crippen molar-refractivity contribution in [1.29, 1.82) is 0 Å². The molecule has 7 heteroatoms. The van der Waals surface area contributed by atoms with Crippen LogP contribution in [-0.4, -0.2) is 46.0 Å². The number of nitrogens with one attached hydrogen (secondary N) is 1. The third kappa shape index (κ3) is 6.32. The predicted molar refractivity (Wildman–Crippen MR) is 99.4 cm³/mol. The van der Waals surface area contributed by atoms with E-state index in [1.165, 1.54) is 6.92 Å². The lowest BCUT2D eigenvalue weighted by Crippen LogP contribution is -2.38. The Hall–Kier alpha value is -1.60. The number of hydrogen-bond donors (Lipinski definition) is 1. The molecule has 0 saturated carbocycles. The summed E-state index contributed by atoms with van der Waals surface area (Å²) in [6.45, 7) is 8.38. The topological polar surface area (TPSA) is 75.7 Å². The number of ether oxygens (including phenoxy) is 1. The lowest BCUT2D eigenvalue weighted by atomic mass is 10.1. The van der Waals surface area contributed by atoms with Gasteiger partial charge in [0.05, 0.1) is 12.0 Å². The maximum atomic E-state index is 12.6. The average molecular weight is 371 g/mol. The van der Waals surface area contributed by atoms with Crippen molar-refractivity contribution >= 4 is 15.9 Å². The van der Waals surface area contributed by atoms with Gasteiger partial charge in [-0.15, -0.1) is 0 Å². The Bertz CT molecular complexity index is 687. The second kappa shape index (κ2) is 9.77. The Morgan fingerprint density at radius 1 is 1.16 bits per heavy atom. The molecule has 1 rings (SSSR count). The molecule has 0 bridgehead atoms. The summed E-state index contributed by atoms with van der Waals surface area (Å²) < 4.78 is 32.9. The number of unbranched alkanes of at least 4 members (excludes halogenated alkanes) is 2. The van der Waals surface area contributed by atoms with Gasteiger partial charge in [0.2, 0.25) is 15.9 Å². The first-order valence-electron chi connectivity index (χ1n) is 8.63.